The van der Waals surface area contributed by atoms with E-state index in [1.54, 1.807) is 38.3 Å². The topological polar surface area (TPSA) is 81.5 Å². The first-order valence-corrected chi connectivity index (χ1v) is 8.77. The number of carbonyl (C=O) groups is 1. The molecule has 0 spiro atoms. The molecule has 3 rings (SSSR count). The second kappa shape index (κ2) is 8.10. The van der Waals surface area contributed by atoms with Crippen molar-refractivity contribution in [3.63, 3.8) is 0 Å². The summed E-state index contributed by atoms with van der Waals surface area (Å²) >= 11 is 6.33. The minimum atomic E-state index is -0.529. The normalized spacial score (nSPS) is 10.4. The van der Waals surface area contributed by atoms with Gasteiger partial charge >= 0.3 is 0 Å². The Labute approximate surface area is 166 Å². The first kappa shape index (κ1) is 19.4. The highest BCUT2D eigenvalue weighted by Gasteiger charge is 2.18. The van der Waals surface area contributed by atoms with E-state index in [4.69, 9.17) is 16.3 Å². The molecule has 0 atom stereocenters. The van der Waals surface area contributed by atoms with Crippen LogP contribution >= 0.6 is 11.6 Å². The Morgan fingerprint density at radius 1 is 1.04 bits per heavy atom. The molecule has 0 saturated heterocycles. The van der Waals surface area contributed by atoms with E-state index in [1.807, 2.05) is 24.3 Å². The van der Waals surface area contributed by atoms with Crippen molar-refractivity contribution in [2.24, 2.45) is 0 Å². The number of rotatable bonds is 6. The fraction of sp³-hybridized carbons (Fsp3) is 0.0952. The zero-order valence-electron chi connectivity index (χ0n) is 15.2. The van der Waals surface area contributed by atoms with Gasteiger partial charge in [0.2, 0.25) is 0 Å². The SMILES string of the molecule is COc1cccc(Nc2ccc(C(=O)c3cc([N+](=O)[O-])ccc3C)c(Cl)c2)c1. The highest BCUT2D eigenvalue weighted by atomic mass is 35.5. The molecule has 0 unspecified atom stereocenters. The number of non-ortho nitro benzene ring substituents is 1. The molecule has 1 N–H and O–H groups in total. The maximum absolute atomic E-state index is 12.9. The quantitative estimate of drug-likeness (QED) is 0.336. The first-order valence-electron chi connectivity index (χ1n) is 8.39. The van der Waals surface area contributed by atoms with Crippen LogP contribution in [0.15, 0.2) is 60.7 Å². The smallest absolute Gasteiger partial charge is 0.270 e. The van der Waals surface area contributed by atoms with Gasteiger partial charge in [0.05, 0.1) is 17.1 Å². The molecule has 142 valence electrons. The van der Waals surface area contributed by atoms with Crippen molar-refractivity contribution in [2.75, 3.05) is 12.4 Å². The Hall–Kier alpha value is -3.38. The number of nitrogens with zero attached hydrogens (tertiary/aromatic N) is 1. The zero-order chi connectivity index (χ0) is 20.3. The fourth-order valence-corrected chi connectivity index (χ4v) is 3.02. The van der Waals surface area contributed by atoms with Gasteiger partial charge in [-0.25, -0.2) is 0 Å². The number of benzene rings is 3. The molecule has 7 heteroatoms. The van der Waals surface area contributed by atoms with Crippen LogP contribution in [-0.4, -0.2) is 17.8 Å². The number of hydrogen-bond acceptors (Lipinski definition) is 5. The van der Waals surface area contributed by atoms with Gasteiger partial charge in [0, 0.05) is 40.7 Å². The minimum Gasteiger partial charge on any atom is -0.497 e. The number of ether oxygens (including phenoxy) is 1. The molecule has 0 aliphatic heterocycles. The predicted octanol–water partition coefficient (Wildman–Crippen LogP) is 5.54. The molecule has 0 aliphatic carbocycles. The number of methoxy groups -OCH3 is 1. The number of aryl methyl sites for hydroxylation is 1. The van der Waals surface area contributed by atoms with Gasteiger partial charge in [-0.2, -0.15) is 0 Å². The molecule has 3 aromatic rings. The number of nitrogens with one attached hydrogen (secondary N) is 1. The third kappa shape index (κ3) is 4.13. The van der Waals surface area contributed by atoms with Crippen molar-refractivity contribution in [1.29, 1.82) is 0 Å². The van der Waals surface area contributed by atoms with Gasteiger partial charge in [-0.1, -0.05) is 23.7 Å². The second-order valence-corrected chi connectivity index (χ2v) is 6.54. The van der Waals surface area contributed by atoms with Crippen LogP contribution in [0, 0.1) is 17.0 Å². The average molecular weight is 397 g/mol. The van der Waals surface area contributed by atoms with Crippen LogP contribution < -0.4 is 10.1 Å². The molecule has 0 amide bonds. The van der Waals surface area contributed by atoms with Gasteiger partial charge in [0.25, 0.3) is 5.69 Å². The van der Waals surface area contributed by atoms with Crippen LogP contribution in [0.1, 0.15) is 21.5 Å². The Morgan fingerprint density at radius 2 is 1.79 bits per heavy atom. The summed E-state index contributed by atoms with van der Waals surface area (Å²) in [5.74, 6) is 0.350. The maximum Gasteiger partial charge on any atom is 0.270 e. The lowest BCUT2D eigenvalue weighted by molar-refractivity contribution is -0.384. The van der Waals surface area contributed by atoms with Crippen LogP contribution in [0.5, 0.6) is 5.75 Å². The Morgan fingerprint density at radius 3 is 2.46 bits per heavy atom. The van der Waals surface area contributed by atoms with E-state index in [9.17, 15) is 14.9 Å². The molecule has 0 bridgehead atoms. The van der Waals surface area contributed by atoms with Crippen molar-refractivity contribution in [3.05, 3.63) is 92.5 Å². The number of anilines is 2. The summed E-state index contributed by atoms with van der Waals surface area (Å²) in [7, 11) is 1.59. The lowest BCUT2D eigenvalue weighted by Gasteiger charge is -2.11. The Bertz CT molecular complexity index is 1070. The molecule has 3 aromatic carbocycles. The van der Waals surface area contributed by atoms with Crippen molar-refractivity contribution in [1.82, 2.24) is 0 Å². The maximum atomic E-state index is 12.9. The summed E-state index contributed by atoms with van der Waals surface area (Å²) in [6, 6.07) is 16.6. The molecule has 0 fully saturated rings. The summed E-state index contributed by atoms with van der Waals surface area (Å²) in [5, 5.41) is 14.5. The van der Waals surface area contributed by atoms with Crippen LogP contribution in [-0.2, 0) is 0 Å². The lowest BCUT2D eigenvalue weighted by atomic mass is 9.98. The number of nitro groups is 1. The van der Waals surface area contributed by atoms with E-state index < -0.39 is 4.92 Å². The summed E-state index contributed by atoms with van der Waals surface area (Å²) in [5.41, 5.74) is 2.55. The van der Waals surface area contributed by atoms with Gasteiger partial charge in [0.15, 0.2) is 5.78 Å². The molecule has 6 nitrogen and oxygen atoms in total. The van der Waals surface area contributed by atoms with Crippen LogP contribution in [0.4, 0.5) is 17.1 Å². The van der Waals surface area contributed by atoms with Crippen molar-refractivity contribution < 1.29 is 14.5 Å². The molecule has 28 heavy (non-hydrogen) atoms. The zero-order valence-corrected chi connectivity index (χ0v) is 16.0. The average Bonchev–Trinajstić information content (AvgIpc) is 2.68. The molecule has 0 heterocycles. The number of hydrogen-bond donors (Lipinski definition) is 1. The summed E-state index contributed by atoms with van der Waals surface area (Å²) in [4.78, 5) is 23.3. The first-order chi connectivity index (χ1) is 13.4. The molecule has 0 saturated carbocycles. The molecule has 0 aliphatic rings. The molecular formula is C21H17ClN2O4. The summed E-state index contributed by atoms with van der Waals surface area (Å²) in [6.45, 7) is 1.73. The summed E-state index contributed by atoms with van der Waals surface area (Å²) in [6.07, 6.45) is 0. The van der Waals surface area contributed by atoms with Crippen molar-refractivity contribution >= 4 is 34.4 Å². The van der Waals surface area contributed by atoms with Gasteiger partial charge in [-0.05, 0) is 42.8 Å². The standard InChI is InChI=1S/C21H17ClN2O4/c1-13-6-8-16(24(26)27)12-19(13)21(25)18-9-7-15(11-20(18)22)23-14-4-3-5-17(10-14)28-2/h3-12,23H,1-2H3. The Kier molecular flexibility index (Phi) is 5.61. The second-order valence-electron chi connectivity index (χ2n) is 6.14. The van der Waals surface area contributed by atoms with Crippen molar-refractivity contribution in [2.45, 2.75) is 6.92 Å². The predicted molar refractivity (Wildman–Crippen MR) is 109 cm³/mol. The monoisotopic (exact) mass is 396 g/mol. The van der Waals surface area contributed by atoms with E-state index >= 15 is 0 Å². The van der Waals surface area contributed by atoms with E-state index in [2.05, 4.69) is 5.32 Å². The van der Waals surface area contributed by atoms with E-state index in [-0.39, 0.29) is 27.6 Å². The largest absolute Gasteiger partial charge is 0.497 e. The molecule has 0 radical (unpaired) electrons. The third-order valence-corrected chi connectivity index (χ3v) is 4.56. The van der Waals surface area contributed by atoms with E-state index in [0.29, 0.717) is 17.0 Å². The fourth-order valence-electron chi connectivity index (χ4n) is 2.76. The van der Waals surface area contributed by atoms with Crippen LogP contribution in [0.3, 0.4) is 0 Å². The van der Waals surface area contributed by atoms with Gasteiger partial charge in [-0.3, -0.25) is 14.9 Å². The summed E-state index contributed by atoms with van der Waals surface area (Å²) < 4.78 is 5.19. The van der Waals surface area contributed by atoms with E-state index in [1.165, 1.54) is 12.1 Å². The number of carbonyl (C=O) groups excluding carboxylic acids is 1. The van der Waals surface area contributed by atoms with Crippen LogP contribution in [0.2, 0.25) is 5.02 Å². The molecular weight excluding hydrogens is 380 g/mol. The highest BCUT2D eigenvalue weighted by Crippen LogP contribution is 2.28. The van der Waals surface area contributed by atoms with Crippen LogP contribution in [0.25, 0.3) is 0 Å². The number of nitro benzene ring substituents is 1. The number of halogens is 1. The third-order valence-electron chi connectivity index (χ3n) is 4.25. The minimum absolute atomic E-state index is 0.138. The van der Waals surface area contributed by atoms with Gasteiger partial charge in [-0.15, -0.1) is 0 Å². The lowest BCUT2D eigenvalue weighted by Crippen LogP contribution is -2.06. The number of ketones is 1. The van der Waals surface area contributed by atoms with E-state index in [0.717, 1.165) is 5.69 Å². The van der Waals surface area contributed by atoms with Crippen molar-refractivity contribution in [3.8, 4) is 5.75 Å². The van der Waals surface area contributed by atoms with Gasteiger partial charge < -0.3 is 10.1 Å². The molecule has 0 aromatic heterocycles. The Balaban J connectivity index is 1.89. The highest BCUT2D eigenvalue weighted by molar-refractivity contribution is 6.35. The van der Waals surface area contributed by atoms with Gasteiger partial charge in [0.1, 0.15) is 5.75 Å².